The van der Waals surface area contributed by atoms with Gasteiger partial charge in [-0.1, -0.05) is 24.3 Å². The van der Waals surface area contributed by atoms with Crippen LogP contribution in [0.15, 0.2) is 48.5 Å². The quantitative estimate of drug-likeness (QED) is 0.395. The lowest BCUT2D eigenvalue weighted by atomic mass is 9.93. The molecule has 2 heterocycles. The molecule has 2 aliphatic heterocycles. The van der Waals surface area contributed by atoms with E-state index >= 15 is 0 Å². The van der Waals surface area contributed by atoms with Crippen LogP contribution >= 0.6 is 0 Å². The Morgan fingerprint density at radius 1 is 0.902 bits per heavy atom. The van der Waals surface area contributed by atoms with Gasteiger partial charge in [-0.3, -0.25) is 14.5 Å². The van der Waals surface area contributed by atoms with Crippen molar-refractivity contribution in [1.82, 2.24) is 19.6 Å². The standard InChI is InChI=1S/C33H46N4O4/c1-25-23-35(24-26-12-13-26)18-20-37(25)32(28-8-5-10-30(38)22-28)27-7-4-9-29(21-27)33(41)36-16-6-15-34(17-19-36)14-3-2-11-31(39)40/h4-5,7-10,21-22,25-26,32,38H,2-3,6,11-20,23-24H2,1H3,(H,39,40). The van der Waals surface area contributed by atoms with Crippen molar-refractivity contribution in [3.05, 3.63) is 65.2 Å². The molecule has 3 fully saturated rings. The smallest absolute Gasteiger partial charge is 0.303 e. The molecule has 1 saturated carbocycles. The van der Waals surface area contributed by atoms with Crippen LogP contribution < -0.4 is 0 Å². The number of piperazine rings is 1. The number of carbonyl (C=O) groups is 2. The van der Waals surface area contributed by atoms with Crippen LogP contribution in [-0.2, 0) is 4.79 Å². The number of nitrogens with zero attached hydrogens (tertiary/aromatic N) is 4. The summed E-state index contributed by atoms with van der Waals surface area (Å²) in [6.45, 7) is 10.5. The molecule has 2 aromatic carbocycles. The molecule has 5 rings (SSSR count). The number of phenols is 1. The molecule has 3 aliphatic rings. The molecule has 8 nitrogen and oxygen atoms in total. The lowest BCUT2D eigenvalue weighted by molar-refractivity contribution is -0.137. The fourth-order valence-corrected chi connectivity index (χ4v) is 6.57. The molecule has 2 N–H and O–H groups in total. The van der Waals surface area contributed by atoms with Crippen LogP contribution in [0.4, 0.5) is 0 Å². The van der Waals surface area contributed by atoms with E-state index in [2.05, 4.69) is 39.8 Å². The van der Waals surface area contributed by atoms with Gasteiger partial charge >= 0.3 is 5.97 Å². The minimum Gasteiger partial charge on any atom is -0.508 e. The highest BCUT2D eigenvalue weighted by Gasteiger charge is 2.34. The highest BCUT2D eigenvalue weighted by Crippen LogP contribution is 2.35. The summed E-state index contributed by atoms with van der Waals surface area (Å²) in [6, 6.07) is 16.0. The molecule has 2 aromatic rings. The normalized spacial score (nSPS) is 21.9. The maximum absolute atomic E-state index is 13.7. The van der Waals surface area contributed by atoms with Crippen molar-refractivity contribution < 1.29 is 19.8 Å². The maximum atomic E-state index is 13.7. The van der Waals surface area contributed by atoms with Gasteiger partial charge < -0.3 is 24.9 Å². The Bertz CT molecular complexity index is 1190. The summed E-state index contributed by atoms with van der Waals surface area (Å²) in [5.74, 6) is 0.464. The monoisotopic (exact) mass is 562 g/mol. The SMILES string of the molecule is CC1CN(CC2CC2)CCN1C(c1cccc(O)c1)c1cccc(C(=O)N2CCCN(CCCCC(=O)O)CC2)c1. The number of carboxylic acids is 1. The second-order valence-corrected chi connectivity index (χ2v) is 12.3. The summed E-state index contributed by atoms with van der Waals surface area (Å²) in [5.41, 5.74) is 2.84. The van der Waals surface area contributed by atoms with E-state index in [1.165, 1.54) is 19.4 Å². The number of aliphatic carboxylic acids is 1. The number of hydrogen-bond donors (Lipinski definition) is 2. The topological polar surface area (TPSA) is 87.6 Å². The number of carbonyl (C=O) groups excluding carboxylic acids is 1. The highest BCUT2D eigenvalue weighted by molar-refractivity contribution is 5.94. The second kappa shape index (κ2) is 13.8. The highest BCUT2D eigenvalue weighted by atomic mass is 16.4. The molecule has 2 atom stereocenters. The van der Waals surface area contributed by atoms with Crippen LogP contribution in [-0.4, -0.2) is 107 Å². The van der Waals surface area contributed by atoms with E-state index in [1.807, 2.05) is 29.2 Å². The Balaban J connectivity index is 1.29. The predicted octanol–water partition coefficient (Wildman–Crippen LogP) is 4.30. The van der Waals surface area contributed by atoms with E-state index in [4.69, 9.17) is 5.11 Å². The number of benzene rings is 2. The molecule has 0 bridgehead atoms. The van der Waals surface area contributed by atoms with Crippen molar-refractivity contribution in [2.75, 3.05) is 58.9 Å². The van der Waals surface area contributed by atoms with E-state index in [0.29, 0.717) is 24.6 Å². The van der Waals surface area contributed by atoms with E-state index in [1.54, 1.807) is 6.07 Å². The Morgan fingerprint density at radius 2 is 1.66 bits per heavy atom. The van der Waals surface area contributed by atoms with Crippen molar-refractivity contribution in [3.63, 3.8) is 0 Å². The Kier molecular flexibility index (Phi) is 9.96. The van der Waals surface area contributed by atoms with Gasteiger partial charge in [0.1, 0.15) is 5.75 Å². The molecule has 0 aromatic heterocycles. The van der Waals surface area contributed by atoms with Gasteiger partial charge in [-0.05, 0) is 93.4 Å². The first-order chi connectivity index (χ1) is 19.9. The summed E-state index contributed by atoms with van der Waals surface area (Å²) in [4.78, 5) is 34.0. The minimum absolute atomic E-state index is 0.0432. The van der Waals surface area contributed by atoms with Crippen LogP contribution in [0.5, 0.6) is 5.75 Å². The van der Waals surface area contributed by atoms with Gasteiger partial charge in [-0.2, -0.15) is 0 Å². The van der Waals surface area contributed by atoms with Gasteiger partial charge in [0.05, 0.1) is 6.04 Å². The Labute approximate surface area is 244 Å². The fraction of sp³-hybridized carbons (Fsp3) is 0.576. The van der Waals surface area contributed by atoms with E-state index < -0.39 is 5.97 Å². The largest absolute Gasteiger partial charge is 0.508 e. The third-order valence-electron chi connectivity index (χ3n) is 8.93. The number of hydrogen-bond acceptors (Lipinski definition) is 6. The van der Waals surface area contributed by atoms with Crippen molar-refractivity contribution in [2.24, 2.45) is 5.92 Å². The first-order valence-electron chi connectivity index (χ1n) is 15.5. The van der Waals surface area contributed by atoms with Gasteiger partial charge in [0.15, 0.2) is 0 Å². The molecule has 222 valence electrons. The van der Waals surface area contributed by atoms with Crippen LogP contribution in [0, 0.1) is 5.92 Å². The zero-order valence-corrected chi connectivity index (χ0v) is 24.5. The van der Waals surface area contributed by atoms with Crippen LogP contribution in [0.25, 0.3) is 0 Å². The lowest BCUT2D eigenvalue weighted by Crippen LogP contribution is -2.53. The maximum Gasteiger partial charge on any atom is 0.303 e. The number of aromatic hydroxyl groups is 1. The summed E-state index contributed by atoms with van der Waals surface area (Å²) in [5, 5.41) is 19.2. The molecule has 0 radical (unpaired) electrons. The van der Waals surface area contributed by atoms with Crippen molar-refractivity contribution in [2.45, 2.75) is 57.5 Å². The second-order valence-electron chi connectivity index (χ2n) is 12.3. The molecule has 1 amide bonds. The van der Waals surface area contributed by atoms with Crippen LogP contribution in [0.1, 0.15) is 73.0 Å². The summed E-state index contributed by atoms with van der Waals surface area (Å²) >= 11 is 0. The minimum atomic E-state index is -0.739. The molecular weight excluding hydrogens is 516 g/mol. The van der Waals surface area contributed by atoms with Gasteiger partial charge in [-0.25, -0.2) is 0 Å². The number of unbranched alkanes of at least 4 members (excludes halogenated alkanes) is 1. The van der Waals surface area contributed by atoms with Crippen molar-refractivity contribution in [3.8, 4) is 5.75 Å². The third kappa shape index (κ3) is 8.09. The number of phenolic OH excluding ortho intramolecular Hbond substituents is 1. The molecule has 8 heteroatoms. The molecule has 2 unspecified atom stereocenters. The van der Waals surface area contributed by atoms with Crippen LogP contribution in [0.2, 0.25) is 0 Å². The first-order valence-corrected chi connectivity index (χ1v) is 15.5. The number of carboxylic acid groups (broad SMARTS) is 1. The van der Waals surface area contributed by atoms with Crippen molar-refractivity contribution in [1.29, 1.82) is 0 Å². The zero-order valence-electron chi connectivity index (χ0n) is 24.5. The molecule has 41 heavy (non-hydrogen) atoms. The molecule has 1 aliphatic carbocycles. The van der Waals surface area contributed by atoms with E-state index in [-0.39, 0.29) is 24.1 Å². The predicted molar refractivity (Wildman–Crippen MR) is 160 cm³/mol. The van der Waals surface area contributed by atoms with E-state index in [0.717, 1.165) is 75.7 Å². The Hall–Kier alpha value is -2.94. The zero-order chi connectivity index (χ0) is 28.8. The van der Waals surface area contributed by atoms with E-state index in [9.17, 15) is 14.7 Å². The first kappa shape index (κ1) is 29.5. The van der Waals surface area contributed by atoms with Gasteiger partial charge in [0.2, 0.25) is 0 Å². The number of amides is 1. The summed E-state index contributed by atoms with van der Waals surface area (Å²) in [6.07, 6.45) is 5.42. The number of rotatable bonds is 11. The van der Waals surface area contributed by atoms with Crippen LogP contribution in [0.3, 0.4) is 0 Å². The Morgan fingerprint density at radius 3 is 2.39 bits per heavy atom. The van der Waals surface area contributed by atoms with Gasteiger partial charge in [0, 0.05) is 63.8 Å². The summed E-state index contributed by atoms with van der Waals surface area (Å²) in [7, 11) is 0. The van der Waals surface area contributed by atoms with Gasteiger partial charge in [-0.15, -0.1) is 0 Å². The summed E-state index contributed by atoms with van der Waals surface area (Å²) < 4.78 is 0. The molecule has 0 spiro atoms. The molecule has 2 saturated heterocycles. The van der Waals surface area contributed by atoms with Gasteiger partial charge in [0.25, 0.3) is 5.91 Å². The average molecular weight is 563 g/mol. The average Bonchev–Trinajstić information content (AvgIpc) is 3.80. The lowest BCUT2D eigenvalue weighted by Gasteiger charge is -2.44. The third-order valence-corrected chi connectivity index (χ3v) is 8.93. The molecular formula is C33H46N4O4. The fourth-order valence-electron chi connectivity index (χ4n) is 6.57. The van der Waals surface area contributed by atoms with Crippen molar-refractivity contribution >= 4 is 11.9 Å².